The molecule has 1 fully saturated rings. The lowest BCUT2D eigenvalue weighted by Crippen LogP contribution is -2.40. The molecule has 1 aliphatic heterocycles. The van der Waals surface area contributed by atoms with Crippen LogP contribution in [0.4, 0.5) is 11.4 Å². The van der Waals surface area contributed by atoms with E-state index >= 15 is 0 Å². The largest absolute Gasteiger partial charge is 0.377 e. The normalized spacial score (nSPS) is 21.9. The van der Waals surface area contributed by atoms with E-state index in [1.54, 1.807) is 12.1 Å². The number of hydrogen-bond acceptors (Lipinski definition) is 4. The van der Waals surface area contributed by atoms with Gasteiger partial charge >= 0.3 is 0 Å². The molecule has 0 spiro atoms. The molecule has 1 aromatic rings. The lowest BCUT2D eigenvalue weighted by atomic mass is 9.94. The molecule has 19 heavy (non-hydrogen) atoms. The minimum atomic E-state index is -0.418. The van der Waals surface area contributed by atoms with Crippen LogP contribution in [0, 0.1) is 10.1 Å². The molecule has 1 aliphatic rings. The van der Waals surface area contributed by atoms with Crippen LogP contribution in [0.3, 0.4) is 0 Å². The Labute approximate surface area is 117 Å². The number of anilines is 1. The Balaban J connectivity index is 2.17. The summed E-state index contributed by atoms with van der Waals surface area (Å²) >= 11 is 5.80. The molecule has 0 radical (unpaired) electrons. The van der Waals surface area contributed by atoms with E-state index in [2.05, 4.69) is 5.32 Å². The van der Waals surface area contributed by atoms with Gasteiger partial charge in [-0.3, -0.25) is 10.1 Å². The van der Waals surface area contributed by atoms with Crippen LogP contribution in [0.25, 0.3) is 0 Å². The molecule has 1 heterocycles. The molecule has 5 nitrogen and oxygen atoms in total. The molecule has 1 atom stereocenters. The van der Waals surface area contributed by atoms with Crippen molar-refractivity contribution in [2.45, 2.75) is 38.3 Å². The Morgan fingerprint density at radius 3 is 2.89 bits per heavy atom. The van der Waals surface area contributed by atoms with Gasteiger partial charge in [-0.25, -0.2) is 0 Å². The maximum absolute atomic E-state index is 11.0. The predicted octanol–water partition coefficient (Wildman–Crippen LogP) is 3.62. The fourth-order valence-electron chi connectivity index (χ4n) is 2.35. The van der Waals surface area contributed by atoms with E-state index in [9.17, 15) is 10.1 Å². The maximum atomic E-state index is 11.0. The van der Waals surface area contributed by atoms with Gasteiger partial charge in [-0.15, -0.1) is 0 Å². The Hall–Kier alpha value is -1.33. The number of nitrogens with one attached hydrogen (secondary N) is 1. The van der Waals surface area contributed by atoms with Gasteiger partial charge in [0.05, 0.1) is 10.5 Å². The summed E-state index contributed by atoms with van der Waals surface area (Å²) in [6, 6.07) is 4.85. The third-order valence-electron chi connectivity index (χ3n) is 3.21. The van der Waals surface area contributed by atoms with Crippen LogP contribution >= 0.6 is 11.6 Å². The third-order valence-corrected chi connectivity index (χ3v) is 3.45. The molecule has 1 unspecified atom stereocenters. The monoisotopic (exact) mass is 284 g/mol. The molecule has 1 N–H and O–H groups in total. The fourth-order valence-corrected chi connectivity index (χ4v) is 2.52. The summed E-state index contributed by atoms with van der Waals surface area (Å²) in [6.07, 6.45) is 1.65. The zero-order chi connectivity index (χ0) is 14.0. The van der Waals surface area contributed by atoms with E-state index in [-0.39, 0.29) is 17.3 Å². The van der Waals surface area contributed by atoms with E-state index in [0.29, 0.717) is 17.3 Å². The van der Waals surface area contributed by atoms with Gasteiger partial charge in [0, 0.05) is 23.7 Å². The van der Waals surface area contributed by atoms with Crippen LogP contribution in [0.5, 0.6) is 0 Å². The lowest BCUT2D eigenvalue weighted by molar-refractivity contribution is -0.384. The highest BCUT2D eigenvalue weighted by molar-refractivity contribution is 6.30. The minimum Gasteiger partial charge on any atom is -0.377 e. The van der Waals surface area contributed by atoms with Crippen LogP contribution in [0.1, 0.15) is 26.7 Å². The van der Waals surface area contributed by atoms with Gasteiger partial charge < -0.3 is 10.1 Å². The molecule has 0 aromatic heterocycles. The average molecular weight is 285 g/mol. The van der Waals surface area contributed by atoms with Crippen molar-refractivity contribution in [1.82, 2.24) is 0 Å². The van der Waals surface area contributed by atoms with E-state index in [1.807, 2.05) is 13.8 Å². The van der Waals surface area contributed by atoms with Crippen molar-refractivity contribution in [3.63, 3.8) is 0 Å². The summed E-state index contributed by atoms with van der Waals surface area (Å²) in [5.41, 5.74) is 0.325. The maximum Gasteiger partial charge on any atom is 0.293 e. The summed E-state index contributed by atoms with van der Waals surface area (Å²) in [5, 5.41) is 14.6. The van der Waals surface area contributed by atoms with Gasteiger partial charge in [0.2, 0.25) is 0 Å². The highest BCUT2D eigenvalue weighted by Gasteiger charge is 2.29. The molecule has 104 valence electrons. The SMILES string of the molecule is CC1(C)CC(Nc2ccc(Cl)cc2[N+](=O)[O-])CCO1. The molecule has 2 rings (SSSR count). The second-order valence-corrected chi connectivity index (χ2v) is 5.80. The zero-order valence-corrected chi connectivity index (χ0v) is 11.7. The number of nitrogens with zero attached hydrogens (tertiary/aromatic N) is 1. The quantitative estimate of drug-likeness (QED) is 0.680. The van der Waals surface area contributed by atoms with Crippen molar-refractivity contribution in [2.75, 3.05) is 11.9 Å². The Bertz CT molecular complexity index is 491. The van der Waals surface area contributed by atoms with Crippen LogP contribution in [-0.4, -0.2) is 23.2 Å². The van der Waals surface area contributed by atoms with Crippen molar-refractivity contribution in [1.29, 1.82) is 0 Å². The lowest BCUT2D eigenvalue weighted by Gasteiger charge is -2.36. The number of ether oxygens (including phenoxy) is 1. The first-order chi connectivity index (χ1) is 8.87. The highest BCUT2D eigenvalue weighted by atomic mass is 35.5. The zero-order valence-electron chi connectivity index (χ0n) is 11.0. The predicted molar refractivity (Wildman–Crippen MR) is 74.8 cm³/mol. The van der Waals surface area contributed by atoms with Crippen molar-refractivity contribution >= 4 is 23.0 Å². The third kappa shape index (κ3) is 3.58. The number of rotatable bonds is 3. The van der Waals surface area contributed by atoms with Crippen LogP contribution in [-0.2, 0) is 4.74 Å². The van der Waals surface area contributed by atoms with Gasteiger partial charge in [-0.1, -0.05) is 11.6 Å². The van der Waals surface area contributed by atoms with Gasteiger partial charge in [-0.2, -0.15) is 0 Å². The molecular weight excluding hydrogens is 268 g/mol. The van der Waals surface area contributed by atoms with E-state index in [4.69, 9.17) is 16.3 Å². The Morgan fingerprint density at radius 1 is 1.53 bits per heavy atom. The van der Waals surface area contributed by atoms with Crippen LogP contribution < -0.4 is 5.32 Å². The fraction of sp³-hybridized carbons (Fsp3) is 0.538. The summed E-state index contributed by atoms with van der Waals surface area (Å²) in [5.74, 6) is 0. The minimum absolute atomic E-state index is 0.0109. The van der Waals surface area contributed by atoms with E-state index in [1.165, 1.54) is 6.07 Å². The molecule has 1 aromatic carbocycles. The van der Waals surface area contributed by atoms with Crippen LogP contribution in [0.15, 0.2) is 18.2 Å². The number of hydrogen-bond donors (Lipinski definition) is 1. The second kappa shape index (κ2) is 5.35. The number of nitro benzene ring substituents is 1. The van der Waals surface area contributed by atoms with Gasteiger partial charge in [0.25, 0.3) is 5.69 Å². The highest BCUT2D eigenvalue weighted by Crippen LogP contribution is 2.31. The van der Waals surface area contributed by atoms with Crippen molar-refractivity contribution in [3.05, 3.63) is 33.3 Å². The number of halogens is 1. The summed E-state index contributed by atoms with van der Waals surface area (Å²) in [6.45, 7) is 4.71. The summed E-state index contributed by atoms with van der Waals surface area (Å²) in [7, 11) is 0. The van der Waals surface area contributed by atoms with Crippen molar-refractivity contribution in [3.8, 4) is 0 Å². The first kappa shape index (κ1) is 14.1. The van der Waals surface area contributed by atoms with E-state index < -0.39 is 4.92 Å². The molecule has 0 amide bonds. The molecule has 1 saturated heterocycles. The molecule has 0 aliphatic carbocycles. The van der Waals surface area contributed by atoms with Crippen molar-refractivity contribution in [2.24, 2.45) is 0 Å². The molecule has 0 saturated carbocycles. The molecular formula is C13H17ClN2O3. The Kier molecular flexibility index (Phi) is 3.96. The first-order valence-corrected chi connectivity index (χ1v) is 6.60. The van der Waals surface area contributed by atoms with Crippen molar-refractivity contribution < 1.29 is 9.66 Å². The Morgan fingerprint density at radius 2 is 2.26 bits per heavy atom. The topological polar surface area (TPSA) is 64.4 Å². The number of nitro groups is 1. The second-order valence-electron chi connectivity index (χ2n) is 5.36. The van der Waals surface area contributed by atoms with Gasteiger partial charge in [-0.05, 0) is 38.8 Å². The molecule has 0 bridgehead atoms. The van der Waals surface area contributed by atoms with E-state index in [0.717, 1.165) is 12.8 Å². The van der Waals surface area contributed by atoms with Crippen LogP contribution in [0.2, 0.25) is 5.02 Å². The average Bonchev–Trinajstić information content (AvgIpc) is 2.30. The van der Waals surface area contributed by atoms with Gasteiger partial charge in [0.15, 0.2) is 0 Å². The van der Waals surface area contributed by atoms with Gasteiger partial charge in [0.1, 0.15) is 5.69 Å². The standard InChI is InChI=1S/C13H17ClN2O3/c1-13(2)8-10(5-6-19-13)15-11-4-3-9(14)7-12(11)16(17)18/h3-4,7,10,15H,5-6,8H2,1-2H3. The summed E-state index contributed by atoms with van der Waals surface area (Å²) in [4.78, 5) is 10.6. The molecule has 6 heteroatoms. The summed E-state index contributed by atoms with van der Waals surface area (Å²) < 4.78 is 5.64. The number of benzene rings is 1. The smallest absolute Gasteiger partial charge is 0.293 e. The first-order valence-electron chi connectivity index (χ1n) is 6.22.